The van der Waals surface area contributed by atoms with Crippen molar-refractivity contribution in [3.63, 3.8) is 0 Å². The molecular formula is C36H51F3N6O3Si. The number of fused-ring (bicyclic) bond motifs is 3. The van der Waals surface area contributed by atoms with E-state index in [1.165, 1.54) is 26.0 Å². The summed E-state index contributed by atoms with van der Waals surface area (Å²) in [6, 6.07) is 7.59. The van der Waals surface area contributed by atoms with Gasteiger partial charge >= 0.3 is 12.0 Å². The van der Waals surface area contributed by atoms with Gasteiger partial charge in [0.05, 0.1) is 34.9 Å². The number of benzene rings is 1. The van der Waals surface area contributed by atoms with Crippen LogP contribution in [-0.4, -0.2) is 70.6 Å². The number of pyridine rings is 1. The maximum Gasteiger partial charge on any atom is 0.410 e. The van der Waals surface area contributed by atoms with Crippen LogP contribution in [0.2, 0.25) is 18.1 Å². The molecule has 4 heterocycles. The van der Waals surface area contributed by atoms with Crippen LogP contribution in [0.5, 0.6) is 0 Å². The van der Waals surface area contributed by atoms with Gasteiger partial charge in [-0.15, -0.1) is 0 Å². The van der Waals surface area contributed by atoms with Crippen molar-refractivity contribution in [3.8, 4) is 0 Å². The molecule has 9 nitrogen and oxygen atoms in total. The van der Waals surface area contributed by atoms with Gasteiger partial charge in [-0.25, -0.2) is 24.1 Å². The topological polar surface area (TPSA) is 92.7 Å². The number of anilines is 2. The first-order chi connectivity index (χ1) is 22.8. The Hall–Kier alpha value is -3.45. The molecule has 0 spiro atoms. The fourth-order valence-electron chi connectivity index (χ4n) is 7.21. The van der Waals surface area contributed by atoms with Crippen LogP contribution in [0, 0.1) is 12.7 Å². The molecule has 2 bridgehead atoms. The molecule has 0 radical (unpaired) electrons. The van der Waals surface area contributed by atoms with Crippen LogP contribution >= 0.6 is 0 Å². The number of aryl methyl sites for hydroxylation is 1. The zero-order valence-corrected chi connectivity index (χ0v) is 31.5. The van der Waals surface area contributed by atoms with Crippen molar-refractivity contribution < 1.29 is 27.1 Å². The molecule has 2 fully saturated rings. The highest BCUT2D eigenvalue weighted by molar-refractivity contribution is 6.73. The first kappa shape index (κ1) is 36.8. The van der Waals surface area contributed by atoms with Crippen LogP contribution in [0.1, 0.15) is 91.7 Å². The largest absolute Gasteiger partial charge is 0.444 e. The molecule has 5 rings (SSSR count). The van der Waals surface area contributed by atoms with Crippen LogP contribution in [0.4, 0.5) is 29.5 Å². The Morgan fingerprint density at radius 1 is 1.06 bits per heavy atom. The van der Waals surface area contributed by atoms with Crippen molar-refractivity contribution in [2.24, 2.45) is 0 Å². The highest BCUT2D eigenvalue weighted by Crippen LogP contribution is 2.46. The first-order valence-electron chi connectivity index (χ1n) is 17.4. The number of rotatable bonds is 11. The van der Waals surface area contributed by atoms with E-state index in [1.54, 1.807) is 24.9 Å². The third-order valence-electron chi connectivity index (χ3n) is 10.2. The number of carbonyl (C=O) groups excluding carboxylic acids is 1. The van der Waals surface area contributed by atoms with Gasteiger partial charge in [0.2, 0.25) is 0 Å². The molecule has 2 aliphatic heterocycles. The molecule has 2 aliphatic rings. The Kier molecular flexibility index (Phi) is 10.0. The molecule has 2 saturated heterocycles. The number of hydrogen-bond donors (Lipinski definition) is 1. The van der Waals surface area contributed by atoms with E-state index < -0.39 is 42.9 Å². The highest BCUT2D eigenvalue weighted by Gasteiger charge is 2.54. The zero-order valence-electron chi connectivity index (χ0n) is 30.5. The Labute approximate surface area is 289 Å². The lowest BCUT2D eigenvalue weighted by molar-refractivity contribution is -0.161. The second-order valence-corrected chi connectivity index (χ2v) is 19.7. The maximum absolute atomic E-state index is 16.2. The number of nitrogens with one attached hydrogen (secondary N) is 1. The van der Waals surface area contributed by atoms with E-state index >= 15 is 13.2 Å². The maximum atomic E-state index is 16.2. The molecule has 0 saturated carbocycles. The van der Waals surface area contributed by atoms with E-state index in [9.17, 15) is 4.79 Å². The standard InChI is InChI=1S/C36H51F3N6O3Si/c1-11-49(12-2,13-3)48-35(9,10)36(38,39)29-16-14-15-27(30(29)37)22(4)41-32-28-18-24(19-40-31(28)42-23(5)43-32)44-20-26-17-25(44)21-45(26)33(46)47-34(6,7)8/h14-16,18-19,22,25-26H,11-13,17,20-21H2,1-10H3,(H,40,41,42,43)/t22-,25+,26+/m1/s1. The molecule has 1 N–H and O–H groups in total. The van der Waals surface area contributed by atoms with Gasteiger partial charge in [0, 0.05) is 24.7 Å². The number of piperazine rings is 1. The fourth-order valence-corrected chi connectivity index (χ4v) is 10.4. The van der Waals surface area contributed by atoms with Crippen molar-refractivity contribution >= 4 is 36.9 Å². The lowest BCUT2D eigenvalue weighted by Crippen LogP contribution is -2.52. The van der Waals surface area contributed by atoms with Gasteiger partial charge in [0.15, 0.2) is 14.0 Å². The summed E-state index contributed by atoms with van der Waals surface area (Å²) in [5.74, 6) is -3.67. The minimum atomic E-state index is -3.59. The van der Waals surface area contributed by atoms with Crippen molar-refractivity contribution in [1.82, 2.24) is 19.9 Å². The smallest absolute Gasteiger partial charge is 0.410 e. The highest BCUT2D eigenvalue weighted by atomic mass is 28.4. The average molecular weight is 701 g/mol. The molecule has 1 aromatic carbocycles. The lowest BCUT2D eigenvalue weighted by atomic mass is 9.91. The van der Waals surface area contributed by atoms with E-state index in [2.05, 4.69) is 25.2 Å². The summed E-state index contributed by atoms with van der Waals surface area (Å²) in [5.41, 5.74) is -1.76. The first-order valence-corrected chi connectivity index (χ1v) is 19.9. The number of likely N-dealkylation sites (tertiary alicyclic amines) is 1. The van der Waals surface area contributed by atoms with Gasteiger partial charge in [0.1, 0.15) is 28.7 Å². The molecule has 3 atom stereocenters. The monoisotopic (exact) mass is 700 g/mol. The van der Waals surface area contributed by atoms with Gasteiger partial charge in [-0.3, -0.25) is 0 Å². The number of alkyl halides is 2. The Balaban J connectivity index is 1.40. The summed E-state index contributed by atoms with van der Waals surface area (Å²) in [6.45, 7) is 18.9. The van der Waals surface area contributed by atoms with Crippen molar-refractivity contribution in [3.05, 3.63) is 53.2 Å². The van der Waals surface area contributed by atoms with Crippen molar-refractivity contribution in [1.29, 1.82) is 0 Å². The van der Waals surface area contributed by atoms with Gasteiger partial charge in [-0.1, -0.05) is 32.9 Å². The Bertz CT molecular complexity index is 1690. The summed E-state index contributed by atoms with van der Waals surface area (Å²) in [7, 11) is -2.43. The number of ether oxygens (including phenoxy) is 1. The molecular weight excluding hydrogens is 650 g/mol. The molecule has 2 aromatic heterocycles. The number of carbonyl (C=O) groups is 1. The van der Waals surface area contributed by atoms with E-state index in [0.29, 0.717) is 53.9 Å². The fraction of sp³-hybridized carbons (Fsp3) is 0.611. The van der Waals surface area contributed by atoms with Gasteiger partial charge in [0.25, 0.3) is 0 Å². The molecule has 1 amide bonds. The van der Waals surface area contributed by atoms with Crippen LogP contribution in [0.3, 0.4) is 0 Å². The van der Waals surface area contributed by atoms with Gasteiger partial charge < -0.3 is 24.3 Å². The Morgan fingerprint density at radius 3 is 2.33 bits per heavy atom. The summed E-state index contributed by atoms with van der Waals surface area (Å²) < 4.78 is 60.6. The van der Waals surface area contributed by atoms with E-state index in [0.717, 1.165) is 18.2 Å². The number of aromatic nitrogens is 3. The predicted molar refractivity (Wildman–Crippen MR) is 189 cm³/mol. The number of amides is 1. The normalized spacial score (nSPS) is 19.1. The number of hydrogen-bond acceptors (Lipinski definition) is 8. The van der Waals surface area contributed by atoms with Gasteiger partial charge in [-0.2, -0.15) is 8.78 Å². The second kappa shape index (κ2) is 13.4. The van der Waals surface area contributed by atoms with Crippen LogP contribution in [-0.2, 0) is 15.1 Å². The SMILES string of the molecule is CC[Si](CC)(CC)OC(C)(C)C(F)(F)c1cccc([C@@H](C)Nc2nc(C)nc3ncc(N4C[C@@H]5C[C@H]4CN5C(=O)OC(C)(C)C)cc23)c1F. The minimum Gasteiger partial charge on any atom is -0.444 e. The van der Waals surface area contributed by atoms with Crippen LogP contribution in [0.25, 0.3) is 11.0 Å². The summed E-state index contributed by atoms with van der Waals surface area (Å²) >= 11 is 0. The number of halogens is 3. The molecule has 268 valence electrons. The zero-order chi connectivity index (χ0) is 36.1. The Morgan fingerprint density at radius 2 is 1.73 bits per heavy atom. The van der Waals surface area contributed by atoms with Gasteiger partial charge in [-0.05, 0) is 85.2 Å². The quantitative estimate of drug-likeness (QED) is 0.199. The average Bonchev–Trinajstić information content (AvgIpc) is 3.64. The van der Waals surface area contributed by atoms with E-state index in [4.69, 9.17) is 9.16 Å². The third-order valence-corrected chi connectivity index (χ3v) is 15.0. The third kappa shape index (κ3) is 7.10. The second-order valence-electron chi connectivity index (χ2n) is 15.0. The van der Waals surface area contributed by atoms with Crippen molar-refractivity contribution in [2.45, 2.75) is 129 Å². The van der Waals surface area contributed by atoms with Crippen LogP contribution in [0.15, 0.2) is 30.5 Å². The summed E-state index contributed by atoms with van der Waals surface area (Å²) in [4.78, 5) is 30.6. The molecule has 3 aromatic rings. The van der Waals surface area contributed by atoms with E-state index in [1.807, 2.05) is 47.6 Å². The molecule has 0 unspecified atom stereocenters. The van der Waals surface area contributed by atoms with Crippen LogP contribution < -0.4 is 10.2 Å². The van der Waals surface area contributed by atoms with E-state index in [-0.39, 0.29) is 23.7 Å². The predicted octanol–water partition coefficient (Wildman–Crippen LogP) is 8.74. The summed E-state index contributed by atoms with van der Waals surface area (Å²) in [6.07, 6.45) is 2.29. The summed E-state index contributed by atoms with van der Waals surface area (Å²) in [5, 5.41) is 3.90. The number of nitrogens with zero attached hydrogens (tertiary/aromatic N) is 5. The lowest BCUT2D eigenvalue weighted by Gasteiger charge is -2.42. The molecule has 49 heavy (non-hydrogen) atoms. The molecule has 13 heteroatoms. The van der Waals surface area contributed by atoms with Crippen molar-refractivity contribution in [2.75, 3.05) is 23.3 Å². The minimum absolute atomic E-state index is 0.0240. The molecule has 0 aliphatic carbocycles.